The minimum Gasteiger partial charge on any atom is -0.495 e. The first-order chi connectivity index (χ1) is 13.8. The number of methoxy groups -OCH3 is 1. The number of carbonyl (C=O) groups excluding carboxylic acids is 1. The zero-order valence-corrected chi connectivity index (χ0v) is 15.7. The van der Waals surface area contributed by atoms with Crippen molar-refractivity contribution in [2.45, 2.75) is 6.18 Å². The normalized spacial score (nSPS) is 11.1. The van der Waals surface area contributed by atoms with Crippen LogP contribution in [0.5, 0.6) is 5.75 Å². The zero-order valence-electron chi connectivity index (χ0n) is 14.9. The summed E-state index contributed by atoms with van der Waals surface area (Å²) in [6.07, 6.45) is -5.07. The van der Waals surface area contributed by atoms with Gasteiger partial charge in [-0.1, -0.05) is 41.9 Å². The number of nitrogens with zero attached hydrogens (tertiary/aromatic N) is 2. The third-order valence-electron chi connectivity index (χ3n) is 3.70. The summed E-state index contributed by atoms with van der Waals surface area (Å²) in [6, 6.07) is 15.1. The lowest BCUT2D eigenvalue weighted by Crippen LogP contribution is -2.30. The molecule has 1 aromatic heterocycles. The minimum absolute atomic E-state index is 0.164. The number of hydrogen-bond acceptors (Lipinski definition) is 5. The van der Waals surface area contributed by atoms with Crippen molar-refractivity contribution in [3.8, 4) is 17.0 Å². The Bertz CT molecular complexity index is 1030. The zero-order chi connectivity index (χ0) is 21.0. The molecule has 0 spiro atoms. The van der Waals surface area contributed by atoms with E-state index in [9.17, 15) is 18.0 Å². The molecule has 0 unspecified atom stereocenters. The fourth-order valence-electron chi connectivity index (χ4n) is 2.39. The number of benzene rings is 2. The second-order valence-corrected chi connectivity index (χ2v) is 6.16. The van der Waals surface area contributed by atoms with E-state index in [0.717, 1.165) is 0 Å². The second-order valence-electron chi connectivity index (χ2n) is 5.75. The number of halogens is 4. The van der Waals surface area contributed by atoms with E-state index in [1.54, 1.807) is 53.8 Å². The highest BCUT2D eigenvalue weighted by molar-refractivity contribution is 6.32. The molecule has 1 heterocycles. The number of rotatable bonds is 5. The Morgan fingerprint density at radius 3 is 2.41 bits per heavy atom. The van der Waals surface area contributed by atoms with E-state index >= 15 is 0 Å². The maximum atomic E-state index is 12.6. The van der Waals surface area contributed by atoms with E-state index in [-0.39, 0.29) is 5.82 Å². The molecule has 3 rings (SSSR count). The number of aromatic nitrogens is 2. The summed E-state index contributed by atoms with van der Waals surface area (Å²) >= 11 is 6.09. The summed E-state index contributed by atoms with van der Waals surface area (Å²) in [6.45, 7) is 0. The highest BCUT2D eigenvalue weighted by Gasteiger charge is 2.39. The van der Waals surface area contributed by atoms with Crippen LogP contribution in [0.1, 0.15) is 0 Å². The van der Waals surface area contributed by atoms with Crippen molar-refractivity contribution in [1.82, 2.24) is 9.97 Å². The molecule has 29 heavy (non-hydrogen) atoms. The van der Waals surface area contributed by atoms with Gasteiger partial charge in [-0.3, -0.25) is 10.1 Å². The summed E-state index contributed by atoms with van der Waals surface area (Å²) in [5.41, 5.74) is 1.47. The number of anilines is 3. The molecule has 150 valence electrons. The van der Waals surface area contributed by atoms with Crippen molar-refractivity contribution in [3.05, 3.63) is 59.6 Å². The monoisotopic (exact) mass is 422 g/mol. The molecule has 0 bridgehead atoms. The smallest absolute Gasteiger partial charge is 0.471 e. The molecular formula is C19H14ClF3N4O2. The SMILES string of the molecule is COc1ccc(Nc2cc(-c3ccccc3)nc(NC(=O)C(F)(F)F)n2)cc1Cl. The van der Waals surface area contributed by atoms with Crippen molar-refractivity contribution in [2.75, 3.05) is 17.7 Å². The van der Waals surface area contributed by atoms with E-state index < -0.39 is 18.0 Å². The number of nitrogens with one attached hydrogen (secondary N) is 2. The topological polar surface area (TPSA) is 76.1 Å². The summed E-state index contributed by atoms with van der Waals surface area (Å²) < 4.78 is 42.9. The molecule has 0 aliphatic heterocycles. The van der Waals surface area contributed by atoms with E-state index in [4.69, 9.17) is 16.3 Å². The number of amides is 1. The molecule has 2 N–H and O–H groups in total. The van der Waals surface area contributed by atoms with Crippen molar-refractivity contribution < 1.29 is 22.7 Å². The second kappa shape index (κ2) is 8.36. The first-order valence-electron chi connectivity index (χ1n) is 8.19. The molecule has 1 amide bonds. The van der Waals surface area contributed by atoms with Gasteiger partial charge in [-0.25, -0.2) is 4.98 Å². The lowest BCUT2D eigenvalue weighted by atomic mass is 10.1. The van der Waals surface area contributed by atoms with Gasteiger partial charge in [-0.05, 0) is 18.2 Å². The molecule has 3 aromatic rings. The molecule has 0 radical (unpaired) electrons. The van der Waals surface area contributed by atoms with Gasteiger partial charge < -0.3 is 10.1 Å². The standard InChI is InChI=1S/C19H14ClF3N4O2/c1-29-15-8-7-12(9-13(15)20)24-16-10-14(11-5-3-2-4-6-11)25-18(26-16)27-17(28)19(21,22)23/h2-10H,1H3,(H2,24,25,26,27,28). The first kappa shape index (κ1) is 20.4. The van der Waals surface area contributed by atoms with Crippen molar-refractivity contribution in [1.29, 1.82) is 0 Å². The van der Waals surface area contributed by atoms with Gasteiger partial charge in [0.25, 0.3) is 0 Å². The Morgan fingerprint density at radius 1 is 1.07 bits per heavy atom. The van der Waals surface area contributed by atoms with Crippen LogP contribution in [-0.4, -0.2) is 29.2 Å². The maximum Gasteiger partial charge on any atom is 0.471 e. The number of carbonyl (C=O) groups is 1. The lowest BCUT2D eigenvalue weighted by molar-refractivity contribution is -0.167. The fourth-order valence-corrected chi connectivity index (χ4v) is 2.65. The van der Waals surface area contributed by atoms with Crippen molar-refractivity contribution >= 4 is 35.0 Å². The van der Waals surface area contributed by atoms with Crippen LogP contribution in [0.2, 0.25) is 5.02 Å². The Balaban J connectivity index is 1.98. The summed E-state index contributed by atoms with van der Waals surface area (Å²) in [4.78, 5) is 19.3. The third kappa shape index (κ3) is 5.14. The Labute approximate surface area is 168 Å². The number of alkyl halides is 3. The van der Waals surface area contributed by atoms with Gasteiger partial charge in [0.05, 0.1) is 17.8 Å². The molecule has 10 heteroatoms. The van der Waals surface area contributed by atoms with Crippen LogP contribution in [0, 0.1) is 0 Å². The van der Waals surface area contributed by atoms with Crippen LogP contribution >= 0.6 is 11.6 Å². The van der Waals surface area contributed by atoms with E-state index in [0.29, 0.717) is 27.7 Å². The van der Waals surface area contributed by atoms with Crippen LogP contribution in [0.3, 0.4) is 0 Å². The highest BCUT2D eigenvalue weighted by Crippen LogP contribution is 2.30. The molecule has 6 nitrogen and oxygen atoms in total. The Kier molecular flexibility index (Phi) is 5.88. The lowest BCUT2D eigenvalue weighted by Gasteiger charge is -2.12. The van der Waals surface area contributed by atoms with E-state index in [2.05, 4.69) is 15.3 Å². The van der Waals surface area contributed by atoms with E-state index in [1.165, 1.54) is 13.2 Å². The molecule has 0 saturated carbocycles. The predicted molar refractivity (Wildman–Crippen MR) is 103 cm³/mol. The molecule has 0 fully saturated rings. The summed E-state index contributed by atoms with van der Waals surface area (Å²) in [5.74, 6) is -2.03. The Hall–Kier alpha value is -3.33. The van der Waals surface area contributed by atoms with Crippen molar-refractivity contribution in [2.24, 2.45) is 0 Å². The average molecular weight is 423 g/mol. The van der Waals surface area contributed by atoms with Gasteiger partial charge in [0, 0.05) is 17.3 Å². The van der Waals surface area contributed by atoms with Crippen LogP contribution in [0.15, 0.2) is 54.6 Å². The van der Waals surface area contributed by atoms with Gasteiger partial charge in [0.2, 0.25) is 5.95 Å². The van der Waals surface area contributed by atoms with Gasteiger partial charge in [-0.2, -0.15) is 18.2 Å². The summed E-state index contributed by atoms with van der Waals surface area (Å²) in [7, 11) is 1.47. The predicted octanol–water partition coefficient (Wildman–Crippen LogP) is 5.05. The fraction of sp³-hybridized carbons (Fsp3) is 0.105. The van der Waals surface area contributed by atoms with Crippen LogP contribution < -0.4 is 15.4 Å². The molecule has 2 aromatic carbocycles. The largest absolute Gasteiger partial charge is 0.495 e. The summed E-state index contributed by atoms with van der Waals surface area (Å²) in [5, 5.41) is 4.94. The van der Waals surface area contributed by atoms with Gasteiger partial charge in [-0.15, -0.1) is 0 Å². The highest BCUT2D eigenvalue weighted by atomic mass is 35.5. The third-order valence-corrected chi connectivity index (χ3v) is 4.00. The maximum absolute atomic E-state index is 12.6. The molecule has 0 aliphatic carbocycles. The molecule has 0 aliphatic rings. The quantitative estimate of drug-likeness (QED) is 0.601. The number of ether oxygens (including phenoxy) is 1. The van der Waals surface area contributed by atoms with Gasteiger partial charge >= 0.3 is 12.1 Å². The average Bonchev–Trinajstić information content (AvgIpc) is 2.68. The van der Waals surface area contributed by atoms with E-state index in [1.807, 2.05) is 0 Å². The van der Waals surface area contributed by atoms with Gasteiger partial charge in [0.15, 0.2) is 0 Å². The van der Waals surface area contributed by atoms with Crippen molar-refractivity contribution in [3.63, 3.8) is 0 Å². The van der Waals surface area contributed by atoms with Crippen LogP contribution in [0.4, 0.5) is 30.6 Å². The molecule has 0 atom stereocenters. The number of hydrogen-bond donors (Lipinski definition) is 2. The molecular weight excluding hydrogens is 409 g/mol. The molecule has 0 saturated heterocycles. The van der Waals surface area contributed by atoms with Crippen LogP contribution in [-0.2, 0) is 4.79 Å². The first-order valence-corrected chi connectivity index (χ1v) is 8.57. The minimum atomic E-state index is -5.07. The van der Waals surface area contributed by atoms with Gasteiger partial charge in [0.1, 0.15) is 11.6 Å². The Morgan fingerprint density at radius 2 is 1.79 bits per heavy atom. The van der Waals surface area contributed by atoms with Crippen LogP contribution in [0.25, 0.3) is 11.3 Å².